The van der Waals surface area contributed by atoms with Crippen LogP contribution in [0.3, 0.4) is 0 Å². The van der Waals surface area contributed by atoms with E-state index in [4.69, 9.17) is 19.7 Å². The van der Waals surface area contributed by atoms with Gasteiger partial charge in [-0.1, -0.05) is 0 Å². The Kier molecular flexibility index (Phi) is 9.43. The zero-order chi connectivity index (χ0) is 22.1. The topological polar surface area (TPSA) is 113 Å². The maximum Gasteiger partial charge on any atom is 0.309 e. The van der Waals surface area contributed by atoms with Crippen molar-refractivity contribution in [3.63, 3.8) is 0 Å². The van der Waals surface area contributed by atoms with Crippen LogP contribution in [0.1, 0.15) is 58.9 Å². The molecule has 164 valence electrons. The van der Waals surface area contributed by atoms with E-state index >= 15 is 0 Å². The van der Waals surface area contributed by atoms with E-state index in [1.54, 1.807) is 39.8 Å². The van der Waals surface area contributed by atoms with Crippen molar-refractivity contribution in [2.24, 2.45) is 10.8 Å². The van der Waals surface area contributed by atoms with E-state index < -0.39 is 22.8 Å². The van der Waals surface area contributed by atoms with Gasteiger partial charge >= 0.3 is 11.9 Å². The zero-order valence-corrected chi connectivity index (χ0v) is 17.9. The Balaban J connectivity index is 2.58. The van der Waals surface area contributed by atoms with Crippen LogP contribution in [0, 0.1) is 10.8 Å². The van der Waals surface area contributed by atoms with Crippen LogP contribution in [0.2, 0.25) is 0 Å². The van der Waals surface area contributed by atoms with Gasteiger partial charge in [0.05, 0.1) is 24.0 Å². The summed E-state index contributed by atoms with van der Waals surface area (Å²) in [7, 11) is 0. The quantitative estimate of drug-likeness (QED) is 0.400. The molecule has 0 radical (unpaired) electrons. The van der Waals surface area contributed by atoms with Crippen LogP contribution in [0.4, 0.5) is 0 Å². The van der Waals surface area contributed by atoms with Crippen LogP contribution in [0.5, 0.6) is 11.5 Å². The lowest BCUT2D eigenvalue weighted by Crippen LogP contribution is -2.24. The van der Waals surface area contributed by atoms with Crippen molar-refractivity contribution in [1.82, 2.24) is 0 Å². The molecule has 0 aliphatic rings. The molecule has 0 amide bonds. The number of carbonyl (C=O) groups is 2. The number of aliphatic hydroxyl groups excluding tert-OH is 1. The van der Waals surface area contributed by atoms with Gasteiger partial charge in [0.1, 0.15) is 11.5 Å². The molecular formula is C22H34O7. The van der Waals surface area contributed by atoms with Crippen molar-refractivity contribution in [3.05, 3.63) is 23.8 Å². The maximum absolute atomic E-state index is 11.1. The summed E-state index contributed by atoms with van der Waals surface area (Å²) in [5.41, 5.74) is -0.754. The minimum absolute atomic E-state index is 0.0291. The molecular weight excluding hydrogens is 376 g/mol. The summed E-state index contributed by atoms with van der Waals surface area (Å²) in [6.45, 7) is 7.53. The van der Waals surface area contributed by atoms with Crippen molar-refractivity contribution >= 4 is 11.9 Å². The molecule has 1 rings (SSSR count). The van der Waals surface area contributed by atoms with Crippen LogP contribution < -0.4 is 9.47 Å². The minimum atomic E-state index is -0.827. The molecule has 7 heteroatoms. The molecule has 0 fully saturated rings. The zero-order valence-electron chi connectivity index (χ0n) is 17.9. The van der Waals surface area contributed by atoms with E-state index in [-0.39, 0.29) is 6.61 Å². The Hall–Kier alpha value is -2.28. The molecule has 0 spiro atoms. The van der Waals surface area contributed by atoms with E-state index in [9.17, 15) is 14.7 Å². The molecule has 0 saturated carbocycles. The summed E-state index contributed by atoms with van der Waals surface area (Å²) in [5.74, 6) is -0.366. The number of aliphatic hydroxyl groups is 1. The second-order valence-electron chi connectivity index (χ2n) is 8.53. The predicted molar refractivity (Wildman–Crippen MR) is 110 cm³/mol. The third-order valence-corrected chi connectivity index (χ3v) is 4.99. The highest BCUT2D eigenvalue weighted by molar-refractivity contribution is 5.73. The SMILES string of the molecule is CC(C)(CCCOc1ccc(OCCCC(C)(C)C(=O)O)c(CCO)c1)C(=O)O. The molecule has 1 aromatic rings. The highest BCUT2D eigenvalue weighted by atomic mass is 16.5. The van der Waals surface area contributed by atoms with Crippen molar-refractivity contribution in [2.75, 3.05) is 19.8 Å². The fraction of sp³-hybridized carbons (Fsp3) is 0.636. The van der Waals surface area contributed by atoms with Gasteiger partial charge in [-0.25, -0.2) is 0 Å². The number of hydrogen-bond acceptors (Lipinski definition) is 5. The summed E-state index contributed by atoms with van der Waals surface area (Å²) in [6, 6.07) is 5.37. The monoisotopic (exact) mass is 410 g/mol. The second-order valence-corrected chi connectivity index (χ2v) is 8.53. The lowest BCUT2D eigenvalue weighted by molar-refractivity contribution is -0.148. The standard InChI is InChI=1S/C22H34O7/c1-21(2,19(24)25)10-5-13-28-17-7-8-18(16(15-17)9-12-23)29-14-6-11-22(3,4)20(26)27/h7-8,15,23H,5-6,9-14H2,1-4H3,(H,24,25)(H,26,27). The van der Waals surface area contributed by atoms with Gasteiger partial charge < -0.3 is 24.8 Å². The molecule has 0 heterocycles. The van der Waals surface area contributed by atoms with Gasteiger partial charge in [-0.05, 0) is 78.0 Å². The van der Waals surface area contributed by atoms with Crippen molar-refractivity contribution in [3.8, 4) is 11.5 Å². The Morgan fingerprint density at radius 3 is 1.90 bits per heavy atom. The number of ether oxygens (including phenoxy) is 2. The average molecular weight is 411 g/mol. The smallest absolute Gasteiger partial charge is 0.309 e. The summed E-state index contributed by atoms with van der Waals surface area (Å²) in [5, 5.41) is 27.6. The fourth-order valence-corrected chi connectivity index (χ4v) is 2.72. The third-order valence-electron chi connectivity index (χ3n) is 4.99. The first-order valence-electron chi connectivity index (χ1n) is 9.96. The van der Waals surface area contributed by atoms with Gasteiger partial charge in [-0.3, -0.25) is 9.59 Å². The fourth-order valence-electron chi connectivity index (χ4n) is 2.72. The summed E-state index contributed by atoms with van der Waals surface area (Å²) in [6.07, 6.45) is 2.66. The number of carboxylic acids is 2. The molecule has 0 aromatic heterocycles. The maximum atomic E-state index is 11.1. The third kappa shape index (κ3) is 8.31. The van der Waals surface area contributed by atoms with Gasteiger partial charge in [0.15, 0.2) is 0 Å². The second kappa shape index (κ2) is 11.0. The van der Waals surface area contributed by atoms with Crippen LogP contribution in [0.15, 0.2) is 18.2 Å². The van der Waals surface area contributed by atoms with Crippen LogP contribution in [-0.2, 0) is 16.0 Å². The molecule has 1 aromatic carbocycles. The number of benzene rings is 1. The largest absolute Gasteiger partial charge is 0.494 e. The van der Waals surface area contributed by atoms with Crippen molar-refractivity contribution in [1.29, 1.82) is 0 Å². The Morgan fingerprint density at radius 2 is 1.41 bits per heavy atom. The first-order valence-corrected chi connectivity index (χ1v) is 9.96. The number of hydrogen-bond donors (Lipinski definition) is 3. The van der Waals surface area contributed by atoms with Gasteiger partial charge in [0.25, 0.3) is 0 Å². The summed E-state index contributed by atoms with van der Waals surface area (Å²) >= 11 is 0. The van der Waals surface area contributed by atoms with Crippen molar-refractivity contribution < 1.29 is 34.4 Å². The Labute approximate surface area is 172 Å². The van der Waals surface area contributed by atoms with E-state index in [0.29, 0.717) is 56.8 Å². The molecule has 3 N–H and O–H groups in total. The van der Waals surface area contributed by atoms with Crippen LogP contribution in [-0.4, -0.2) is 47.1 Å². The molecule has 0 atom stereocenters. The predicted octanol–water partition coefficient (Wildman–Crippen LogP) is 3.76. The number of aliphatic carboxylic acids is 2. The molecule has 0 unspecified atom stereocenters. The lowest BCUT2D eigenvalue weighted by Gasteiger charge is -2.19. The summed E-state index contributed by atoms with van der Waals surface area (Å²) < 4.78 is 11.5. The normalized spacial score (nSPS) is 11.9. The van der Waals surface area contributed by atoms with Gasteiger partial charge in [-0.15, -0.1) is 0 Å². The van der Waals surface area contributed by atoms with E-state index in [2.05, 4.69) is 0 Å². The Bertz CT molecular complexity index is 680. The highest BCUT2D eigenvalue weighted by Crippen LogP contribution is 2.27. The van der Waals surface area contributed by atoms with E-state index in [1.165, 1.54) is 0 Å². The van der Waals surface area contributed by atoms with E-state index in [0.717, 1.165) is 5.56 Å². The highest BCUT2D eigenvalue weighted by Gasteiger charge is 2.27. The first-order chi connectivity index (χ1) is 13.5. The number of rotatable bonds is 14. The molecule has 29 heavy (non-hydrogen) atoms. The lowest BCUT2D eigenvalue weighted by atomic mass is 9.88. The van der Waals surface area contributed by atoms with Crippen LogP contribution >= 0.6 is 0 Å². The van der Waals surface area contributed by atoms with Gasteiger partial charge in [0, 0.05) is 12.2 Å². The van der Waals surface area contributed by atoms with Crippen molar-refractivity contribution in [2.45, 2.75) is 59.8 Å². The molecule has 7 nitrogen and oxygen atoms in total. The molecule has 0 aliphatic heterocycles. The number of carboxylic acid groups (broad SMARTS) is 2. The summed E-state index contributed by atoms with van der Waals surface area (Å²) in [4.78, 5) is 22.3. The van der Waals surface area contributed by atoms with E-state index in [1.807, 2.05) is 6.07 Å². The first kappa shape index (κ1) is 24.8. The molecule has 0 saturated heterocycles. The molecule has 0 aliphatic carbocycles. The minimum Gasteiger partial charge on any atom is -0.494 e. The van der Waals surface area contributed by atoms with Gasteiger partial charge in [-0.2, -0.15) is 0 Å². The van der Waals surface area contributed by atoms with Crippen LogP contribution in [0.25, 0.3) is 0 Å². The van der Waals surface area contributed by atoms with Gasteiger partial charge in [0.2, 0.25) is 0 Å². The molecule has 0 bridgehead atoms. The Morgan fingerprint density at radius 1 is 0.897 bits per heavy atom. The average Bonchev–Trinajstić information content (AvgIpc) is 2.63.